The number of nitrogens with one attached hydrogen (secondary N) is 1. The number of hydrogen-bond acceptors (Lipinski definition) is 4. The second-order valence-electron chi connectivity index (χ2n) is 4.59. The molecule has 0 amide bonds. The summed E-state index contributed by atoms with van der Waals surface area (Å²) in [5, 5.41) is 3.40. The van der Waals surface area contributed by atoms with Crippen LogP contribution in [0.1, 0.15) is 25.7 Å². The molecule has 0 aromatic rings. The SMILES string of the molecule is CNC1CCCC1CCOCCOCCOC. The van der Waals surface area contributed by atoms with Crippen molar-refractivity contribution >= 4 is 0 Å². The number of hydrogen-bond donors (Lipinski definition) is 1. The lowest BCUT2D eigenvalue weighted by Gasteiger charge is -2.18. The third-order valence-electron chi connectivity index (χ3n) is 3.47. The minimum absolute atomic E-state index is 0.657. The van der Waals surface area contributed by atoms with Gasteiger partial charge < -0.3 is 19.5 Å². The molecule has 0 radical (unpaired) electrons. The Labute approximate surface area is 105 Å². The molecule has 1 rings (SSSR count). The van der Waals surface area contributed by atoms with Crippen molar-refractivity contribution in [3.05, 3.63) is 0 Å². The van der Waals surface area contributed by atoms with Gasteiger partial charge >= 0.3 is 0 Å². The highest BCUT2D eigenvalue weighted by atomic mass is 16.5. The summed E-state index contributed by atoms with van der Waals surface area (Å²) in [6, 6.07) is 0.705. The fraction of sp³-hybridized carbons (Fsp3) is 1.00. The third kappa shape index (κ3) is 6.36. The molecule has 2 atom stereocenters. The third-order valence-corrected chi connectivity index (χ3v) is 3.47. The molecular formula is C13H27NO3. The van der Waals surface area contributed by atoms with Crippen molar-refractivity contribution in [1.29, 1.82) is 0 Å². The zero-order valence-electron chi connectivity index (χ0n) is 11.2. The van der Waals surface area contributed by atoms with Gasteiger partial charge in [-0.2, -0.15) is 0 Å². The topological polar surface area (TPSA) is 39.7 Å². The average molecular weight is 245 g/mol. The van der Waals surface area contributed by atoms with Crippen LogP contribution in [0.3, 0.4) is 0 Å². The molecule has 1 aliphatic rings. The van der Waals surface area contributed by atoms with Gasteiger partial charge in [0.25, 0.3) is 0 Å². The zero-order chi connectivity index (χ0) is 12.3. The fourth-order valence-corrected chi connectivity index (χ4v) is 2.46. The van der Waals surface area contributed by atoms with Crippen molar-refractivity contribution in [2.75, 3.05) is 47.2 Å². The molecule has 0 aromatic heterocycles. The van der Waals surface area contributed by atoms with Gasteiger partial charge in [-0.05, 0) is 32.2 Å². The van der Waals surface area contributed by atoms with Crippen molar-refractivity contribution < 1.29 is 14.2 Å². The molecule has 1 fully saturated rings. The van der Waals surface area contributed by atoms with Gasteiger partial charge in [0.1, 0.15) is 0 Å². The smallest absolute Gasteiger partial charge is 0.0701 e. The van der Waals surface area contributed by atoms with E-state index in [0.717, 1.165) is 12.5 Å². The van der Waals surface area contributed by atoms with Crippen LogP contribution in [-0.4, -0.2) is 53.2 Å². The molecule has 0 bridgehead atoms. The van der Waals surface area contributed by atoms with Gasteiger partial charge in [0.05, 0.1) is 26.4 Å². The Hall–Kier alpha value is -0.160. The van der Waals surface area contributed by atoms with E-state index in [0.29, 0.717) is 32.5 Å². The van der Waals surface area contributed by atoms with Crippen molar-refractivity contribution in [2.24, 2.45) is 5.92 Å². The predicted octanol–water partition coefficient (Wildman–Crippen LogP) is 1.44. The highest BCUT2D eigenvalue weighted by molar-refractivity contribution is 4.81. The molecular weight excluding hydrogens is 218 g/mol. The Morgan fingerprint density at radius 2 is 1.71 bits per heavy atom. The maximum atomic E-state index is 5.58. The molecule has 1 N–H and O–H groups in total. The number of rotatable bonds is 10. The largest absolute Gasteiger partial charge is 0.382 e. The first-order valence-electron chi connectivity index (χ1n) is 6.70. The molecule has 0 aromatic carbocycles. The number of ether oxygens (including phenoxy) is 3. The monoisotopic (exact) mass is 245 g/mol. The second-order valence-corrected chi connectivity index (χ2v) is 4.59. The Kier molecular flexibility index (Phi) is 8.61. The van der Waals surface area contributed by atoms with E-state index in [4.69, 9.17) is 14.2 Å². The lowest BCUT2D eigenvalue weighted by molar-refractivity contribution is 0.0214. The summed E-state index contributed by atoms with van der Waals surface area (Å²) in [5.74, 6) is 0.800. The van der Waals surface area contributed by atoms with Crippen LogP contribution in [0.5, 0.6) is 0 Å². The second kappa shape index (κ2) is 9.83. The normalized spacial score (nSPS) is 24.4. The van der Waals surface area contributed by atoms with E-state index >= 15 is 0 Å². The Morgan fingerprint density at radius 3 is 2.41 bits per heavy atom. The summed E-state index contributed by atoms with van der Waals surface area (Å²) in [7, 11) is 3.74. The maximum absolute atomic E-state index is 5.58. The lowest BCUT2D eigenvalue weighted by Crippen LogP contribution is -2.29. The van der Waals surface area contributed by atoms with Crippen LogP contribution in [0, 0.1) is 5.92 Å². The molecule has 4 nitrogen and oxygen atoms in total. The highest BCUT2D eigenvalue weighted by Gasteiger charge is 2.24. The summed E-state index contributed by atoms with van der Waals surface area (Å²) in [6.07, 6.45) is 5.19. The van der Waals surface area contributed by atoms with Gasteiger partial charge in [-0.3, -0.25) is 0 Å². The van der Waals surface area contributed by atoms with Gasteiger partial charge in [-0.25, -0.2) is 0 Å². The zero-order valence-corrected chi connectivity index (χ0v) is 11.2. The molecule has 0 aliphatic heterocycles. The summed E-state index contributed by atoms with van der Waals surface area (Å²) >= 11 is 0. The van der Waals surface area contributed by atoms with Crippen molar-refractivity contribution in [2.45, 2.75) is 31.7 Å². The van der Waals surface area contributed by atoms with Crippen LogP contribution in [-0.2, 0) is 14.2 Å². The Morgan fingerprint density at radius 1 is 1.00 bits per heavy atom. The minimum Gasteiger partial charge on any atom is -0.382 e. The molecule has 17 heavy (non-hydrogen) atoms. The Balaban J connectivity index is 1.87. The summed E-state index contributed by atoms with van der Waals surface area (Å²) in [4.78, 5) is 0. The molecule has 1 aliphatic carbocycles. The van der Waals surface area contributed by atoms with E-state index in [-0.39, 0.29) is 0 Å². The molecule has 0 spiro atoms. The summed E-state index contributed by atoms with van der Waals surface area (Å²) < 4.78 is 15.8. The first kappa shape index (κ1) is 14.9. The molecule has 102 valence electrons. The van der Waals surface area contributed by atoms with Crippen LogP contribution < -0.4 is 5.32 Å². The lowest BCUT2D eigenvalue weighted by atomic mass is 10.0. The van der Waals surface area contributed by atoms with Crippen LogP contribution in [0.25, 0.3) is 0 Å². The summed E-state index contributed by atoms with van der Waals surface area (Å²) in [5.41, 5.74) is 0. The standard InChI is InChI=1S/C13H27NO3/c1-14-13-5-3-4-12(13)6-7-16-10-11-17-9-8-15-2/h12-14H,3-11H2,1-2H3. The number of methoxy groups -OCH3 is 1. The Bertz CT molecular complexity index is 178. The molecule has 2 unspecified atom stereocenters. The van der Waals surface area contributed by atoms with Gasteiger partial charge in [0.2, 0.25) is 0 Å². The van der Waals surface area contributed by atoms with Crippen LogP contribution >= 0.6 is 0 Å². The maximum Gasteiger partial charge on any atom is 0.0701 e. The molecule has 4 heteroatoms. The van der Waals surface area contributed by atoms with Crippen LogP contribution in [0.4, 0.5) is 0 Å². The van der Waals surface area contributed by atoms with Crippen molar-refractivity contribution in [3.63, 3.8) is 0 Å². The van der Waals surface area contributed by atoms with Crippen LogP contribution in [0.15, 0.2) is 0 Å². The summed E-state index contributed by atoms with van der Waals surface area (Å²) in [6.45, 7) is 3.54. The van der Waals surface area contributed by atoms with E-state index in [1.54, 1.807) is 7.11 Å². The predicted molar refractivity (Wildman–Crippen MR) is 68.3 cm³/mol. The quantitative estimate of drug-likeness (QED) is 0.591. The van der Waals surface area contributed by atoms with Crippen LogP contribution in [0.2, 0.25) is 0 Å². The molecule has 1 saturated carbocycles. The van der Waals surface area contributed by atoms with Crippen molar-refractivity contribution in [1.82, 2.24) is 5.32 Å². The van der Waals surface area contributed by atoms with Gasteiger partial charge in [-0.15, -0.1) is 0 Å². The van der Waals surface area contributed by atoms with E-state index < -0.39 is 0 Å². The first-order chi connectivity index (χ1) is 8.38. The van der Waals surface area contributed by atoms with Gasteiger partial charge in [0.15, 0.2) is 0 Å². The molecule has 0 heterocycles. The van der Waals surface area contributed by atoms with E-state index in [1.165, 1.54) is 25.7 Å². The van der Waals surface area contributed by atoms with Gasteiger partial charge in [-0.1, -0.05) is 6.42 Å². The average Bonchev–Trinajstić information content (AvgIpc) is 2.80. The van der Waals surface area contributed by atoms with Crippen molar-refractivity contribution in [3.8, 4) is 0 Å². The van der Waals surface area contributed by atoms with E-state index in [1.807, 2.05) is 0 Å². The van der Waals surface area contributed by atoms with E-state index in [2.05, 4.69) is 12.4 Å². The molecule has 0 saturated heterocycles. The highest BCUT2D eigenvalue weighted by Crippen LogP contribution is 2.27. The fourth-order valence-electron chi connectivity index (χ4n) is 2.46. The minimum atomic E-state index is 0.657. The van der Waals surface area contributed by atoms with E-state index in [9.17, 15) is 0 Å². The first-order valence-corrected chi connectivity index (χ1v) is 6.70. The van der Waals surface area contributed by atoms with Gasteiger partial charge in [0, 0.05) is 19.8 Å².